The van der Waals surface area contributed by atoms with E-state index in [-0.39, 0.29) is 17.6 Å². The fraction of sp³-hybridized carbons (Fsp3) is 0.379. The van der Waals surface area contributed by atoms with Gasteiger partial charge in [0.05, 0.1) is 13.2 Å². The molecule has 9 nitrogen and oxygen atoms in total. The molecule has 5 heterocycles. The molecule has 0 saturated carbocycles. The number of carbonyl (C=O) groups is 2. The van der Waals surface area contributed by atoms with Crippen molar-refractivity contribution in [3.05, 3.63) is 59.9 Å². The fourth-order valence-corrected chi connectivity index (χ4v) is 5.34. The average molecular weight is 519 g/mol. The SMILES string of the molecule is CCOc1ccc2cc(C(=O)NC3CN4CCC3CC4)[nH]c2c1.CCOc1ccc2cc(C(=O)O)[nH]c2c1. The standard InChI is InChI=1S/C18H23N3O2.C11H11NO3/c1-2-23-14-4-3-13-9-16(19-15(13)10-14)18(22)20-17-11-21-7-5-12(17)6-8-21;1-2-15-8-4-3-7-5-10(11(13)14)12-9(7)6-8/h3-4,9-10,12,17,19H,2,5-8,11H2,1H3,(H,20,22);3-6,12H,2H2,1H3,(H,13,14). The molecular formula is C29H34N4O5. The normalized spacial score (nSPS) is 20.1. The summed E-state index contributed by atoms with van der Waals surface area (Å²) >= 11 is 0. The third-order valence-electron chi connectivity index (χ3n) is 7.26. The van der Waals surface area contributed by atoms with Gasteiger partial charge in [0, 0.05) is 46.5 Å². The number of carbonyl (C=O) groups excluding carboxylic acids is 1. The first-order chi connectivity index (χ1) is 18.4. The number of rotatable bonds is 7. The predicted molar refractivity (Wildman–Crippen MR) is 146 cm³/mol. The van der Waals surface area contributed by atoms with Crippen molar-refractivity contribution in [2.24, 2.45) is 5.92 Å². The van der Waals surface area contributed by atoms with E-state index in [9.17, 15) is 9.59 Å². The first-order valence-corrected chi connectivity index (χ1v) is 13.2. The lowest BCUT2D eigenvalue weighted by atomic mass is 9.84. The lowest BCUT2D eigenvalue weighted by Crippen LogP contribution is -2.57. The van der Waals surface area contributed by atoms with Gasteiger partial charge in [0.25, 0.3) is 5.91 Å². The van der Waals surface area contributed by atoms with Crippen LogP contribution in [0.1, 0.15) is 47.7 Å². The zero-order valence-corrected chi connectivity index (χ0v) is 21.8. The third kappa shape index (κ3) is 5.62. The minimum atomic E-state index is -0.954. The molecule has 9 heteroatoms. The maximum Gasteiger partial charge on any atom is 0.352 e. The van der Waals surface area contributed by atoms with Crippen LogP contribution in [0, 0.1) is 5.92 Å². The van der Waals surface area contributed by atoms with E-state index >= 15 is 0 Å². The quantitative estimate of drug-likeness (QED) is 0.283. The number of carboxylic acid groups (broad SMARTS) is 1. The van der Waals surface area contributed by atoms with Gasteiger partial charge in [-0.3, -0.25) is 4.79 Å². The number of H-pyrrole nitrogens is 2. The maximum atomic E-state index is 12.6. The lowest BCUT2D eigenvalue weighted by Gasteiger charge is -2.44. The van der Waals surface area contributed by atoms with E-state index in [0.29, 0.717) is 24.8 Å². The van der Waals surface area contributed by atoms with Crippen LogP contribution in [0.15, 0.2) is 48.5 Å². The molecular weight excluding hydrogens is 484 g/mol. The summed E-state index contributed by atoms with van der Waals surface area (Å²) in [6.45, 7) is 8.46. The summed E-state index contributed by atoms with van der Waals surface area (Å²) in [5, 5.41) is 13.9. The minimum absolute atomic E-state index is 0.00194. The summed E-state index contributed by atoms with van der Waals surface area (Å²) in [6, 6.07) is 15.1. The number of piperidine rings is 3. The third-order valence-corrected chi connectivity index (χ3v) is 7.26. The number of hydrogen-bond donors (Lipinski definition) is 4. The first-order valence-electron chi connectivity index (χ1n) is 13.2. The van der Waals surface area contributed by atoms with Crippen LogP contribution in [0.5, 0.6) is 11.5 Å². The topological polar surface area (TPSA) is 120 Å². The van der Waals surface area contributed by atoms with Crippen molar-refractivity contribution in [1.29, 1.82) is 0 Å². The Hall–Kier alpha value is -3.98. The Morgan fingerprint density at radius 1 is 0.895 bits per heavy atom. The Bertz CT molecular complexity index is 1430. The van der Waals surface area contributed by atoms with Crippen LogP contribution >= 0.6 is 0 Å². The van der Waals surface area contributed by atoms with Crippen LogP contribution in [0.3, 0.4) is 0 Å². The number of aromatic nitrogens is 2. The van der Waals surface area contributed by atoms with Crippen LogP contribution in [-0.4, -0.2) is 70.7 Å². The summed E-state index contributed by atoms with van der Waals surface area (Å²) < 4.78 is 10.8. The molecule has 3 saturated heterocycles. The molecule has 200 valence electrons. The van der Waals surface area contributed by atoms with Crippen molar-refractivity contribution < 1.29 is 24.2 Å². The van der Waals surface area contributed by atoms with Crippen molar-refractivity contribution in [2.45, 2.75) is 32.7 Å². The van der Waals surface area contributed by atoms with Crippen LogP contribution < -0.4 is 14.8 Å². The van der Waals surface area contributed by atoms with Crippen molar-refractivity contribution in [1.82, 2.24) is 20.2 Å². The van der Waals surface area contributed by atoms with E-state index in [1.54, 1.807) is 12.1 Å². The van der Waals surface area contributed by atoms with Gasteiger partial charge in [-0.05, 0) is 82.1 Å². The highest BCUT2D eigenvalue weighted by Gasteiger charge is 2.35. The molecule has 0 spiro atoms. The number of hydrogen-bond acceptors (Lipinski definition) is 5. The second-order valence-corrected chi connectivity index (χ2v) is 9.75. The van der Waals surface area contributed by atoms with E-state index in [2.05, 4.69) is 20.2 Å². The molecule has 2 aromatic heterocycles. The van der Waals surface area contributed by atoms with Crippen molar-refractivity contribution in [2.75, 3.05) is 32.8 Å². The molecule has 3 aliphatic heterocycles. The van der Waals surface area contributed by atoms with E-state index in [0.717, 1.165) is 39.8 Å². The first kappa shape index (κ1) is 25.7. The molecule has 7 rings (SSSR count). The number of aromatic carboxylic acids is 1. The highest BCUT2D eigenvalue weighted by Crippen LogP contribution is 2.28. The van der Waals surface area contributed by atoms with Crippen molar-refractivity contribution in [3.63, 3.8) is 0 Å². The molecule has 0 radical (unpaired) electrons. The molecule has 2 bridgehead atoms. The molecule has 1 atom stereocenters. The van der Waals surface area contributed by atoms with Gasteiger partial charge < -0.3 is 34.8 Å². The Morgan fingerprint density at radius 2 is 1.45 bits per heavy atom. The number of fused-ring (bicyclic) bond motifs is 5. The van der Waals surface area contributed by atoms with Crippen molar-refractivity contribution >= 4 is 33.7 Å². The average Bonchev–Trinajstić information content (AvgIpc) is 3.54. The smallest absolute Gasteiger partial charge is 0.352 e. The van der Waals surface area contributed by atoms with Crippen LogP contribution in [0.2, 0.25) is 0 Å². The summed E-state index contributed by atoms with van der Waals surface area (Å²) in [7, 11) is 0. The Kier molecular flexibility index (Phi) is 7.55. The number of amides is 1. The minimum Gasteiger partial charge on any atom is -0.494 e. The molecule has 3 fully saturated rings. The zero-order chi connectivity index (χ0) is 26.6. The van der Waals surface area contributed by atoms with Gasteiger partial charge in [-0.1, -0.05) is 0 Å². The molecule has 2 aromatic carbocycles. The predicted octanol–water partition coefficient (Wildman–Crippen LogP) is 4.66. The van der Waals surface area contributed by atoms with E-state index in [1.807, 2.05) is 50.2 Å². The van der Waals surface area contributed by atoms with Crippen LogP contribution in [-0.2, 0) is 0 Å². The molecule has 1 amide bonds. The van der Waals surface area contributed by atoms with Gasteiger partial charge in [0.1, 0.15) is 22.9 Å². The second-order valence-electron chi connectivity index (χ2n) is 9.75. The zero-order valence-electron chi connectivity index (χ0n) is 21.8. The molecule has 38 heavy (non-hydrogen) atoms. The number of benzene rings is 2. The maximum absolute atomic E-state index is 12.6. The number of ether oxygens (including phenoxy) is 2. The fourth-order valence-electron chi connectivity index (χ4n) is 5.34. The summed E-state index contributed by atoms with van der Waals surface area (Å²) in [6.07, 6.45) is 2.41. The van der Waals surface area contributed by atoms with Gasteiger partial charge in [0.15, 0.2) is 0 Å². The van der Waals surface area contributed by atoms with E-state index in [1.165, 1.54) is 25.9 Å². The number of nitrogens with one attached hydrogen (secondary N) is 3. The molecule has 1 unspecified atom stereocenters. The second kappa shape index (κ2) is 11.2. The Morgan fingerprint density at radius 3 is 1.95 bits per heavy atom. The van der Waals surface area contributed by atoms with E-state index in [4.69, 9.17) is 14.6 Å². The van der Waals surface area contributed by atoms with Crippen LogP contribution in [0.25, 0.3) is 21.8 Å². The van der Waals surface area contributed by atoms with Gasteiger partial charge in [-0.2, -0.15) is 0 Å². The largest absolute Gasteiger partial charge is 0.494 e. The lowest BCUT2D eigenvalue weighted by molar-refractivity contribution is 0.0618. The highest BCUT2D eigenvalue weighted by molar-refractivity contribution is 5.98. The Labute approximate surface area is 221 Å². The van der Waals surface area contributed by atoms with Gasteiger partial charge in [0.2, 0.25) is 0 Å². The Balaban J connectivity index is 0.000000170. The van der Waals surface area contributed by atoms with Crippen LogP contribution in [0.4, 0.5) is 0 Å². The molecule has 4 N–H and O–H groups in total. The van der Waals surface area contributed by atoms with E-state index < -0.39 is 5.97 Å². The van der Waals surface area contributed by atoms with Gasteiger partial charge in [-0.25, -0.2) is 4.79 Å². The number of nitrogens with zero attached hydrogens (tertiary/aromatic N) is 1. The summed E-state index contributed by atoms with van der Waals surface area (Å²) in [5.41, 5.74) is 2.54. The molecule has 4 aromatic rings. The van der Waals surface area contributed by atoms with Gasteiger partial charge >= 0.3 is 5.97 Å². The number of aromatic amines is 2. The molecule has 3 aliphatic rings. The van der Waals surface area contributed by atoms with Gasteiger partial charge in [-0.15, -0.1) is 0 Å². The summed E-state index contributed by atoms with van der Waals surface area (Å²) in [4.78, 5) is 31.8. The monoisotopic (exact) mass is 518 g/mol. The van der Waals surface area contributed by atoms with Crippen molar-refractivity contribution in [3.8, 4) is 11.5 Å². The number of carboxylic acids is 1. The summed E-state index contributed by atoms with van der Waals surface area (Å²) in [5.74, 6) is 1.25. The highest BCUT2D eigenvalue weighted by atomic mass is 16.5. The molecule has 0 aliphatic carbocycles.